The largest absolute Gasteiger partial charge is 0.495 e. The minimum Gasteiger partial charge on any atom is -0.495 e. The molecule has 0 fully saturated rings. The molecule has 0 aliphatic heterocycles. The van der Waals surface area contributed by atoms with Crippen molar-refractivity contribution < 1.29 is 19.1 Å². The molecule has 2 aromatic rings. The monoisotopic (exact) mass is 347 g/mol. The second-order valence-corrected chi connectivity index (χ2v) is 6.63. The lowest BCUT2D eigenvalue weighted by Gasteiger charge is -2.11. The summed E-state index contributed by atoms with van der Waals surface area (Å²) in [7, 11) is 1.53. The van der Waals surface area contributed by atoms with Crippen LogP contribution in [0.25, 0.3) is 0 Å². The minimum absolute atomic E-state index is 0.339. The summed E-state index contributed by atoms with van der Waals surface area (Å²) in [6.45, 7) is 5.58. The Kier molecular flexibility index (Phi) is 5.98. The first-order valence-corrected chi connectivity index (χ1v) is 8.47. The van der Waals surface area contributed by atoms with E-state index in [1.54, 1.807) is 12.1 Å². The van der Waals surface area contributed by atoms with Gasteiger partial charge in [0.25, 0.3) is 5.91 Å². The van der Waals surface area contributed by atoms with Crippen LogP contribution in [0, 0.1) is 13.8 Å². The summed E-state index contributed by atoms with van der Waals surface area (Å²) in [5.41, 5.74) is 2.67. The van der Waals surface area contributed by atoms with Crippen molar-refractivity contribution in [2.45, 2.75) is 27.2 Å². The van der Waals surface area contributed by atoms with Crippen molar-refractivity contribution in [3.63, 3.8) is 0 Å². The van der Waals surface area contributed by atoms with Crippen LogP contribution in [-0.4, -0.2) is 25.6 Å². The molecule has 0 aliphatic rings. The highest BCUT2D eigenvalue weighted by Gasteiger charge is 2.15. The lowest BCUT2D eigenvalue weighted by Crippen LogP contribution is -2.21. The van der Waals surface area contributed by atoms with Gasteiger partial charge in [-0.25, -0.2) is 4.79 Å². The normalized spacial score (nSPS) is 10.3. The van der Waals surface area contributed by atoms with Crippen LogP contribution in [0.1, 0.15) is 32.6 Å². The number of thiophene rings is 1. The fourth-order valence-electron chi connectivity index (χ4n) is 2.28. The first-order chi connectivity index (χ1) is 11.4. The van der Waals surface area contributed by atoms with Gasteiger partial charge in [0.15, 0.2) is 6.61 Å². The van der Waals surface area contributed by atoms with Gasteiger partial charge in [0, 0.05) is 4.88 Å². The molecule has 0 saturated carbocycles. The van der Waals surface area contributed by atoms with Crippen molar-refractivity contribution >= 4 is 28.9 Å². The average molecular weight is 347 g/mol. The highest BCUT2D eigenvalue weighted by Crippen LogP contribution is 2.25. The van der Waals surface area contributed by atoms with Gasteiger partial charge in [-0.05, 0) is 49.6 Å². The predicted octanol–water partition coefficient (Wildman–Crippen LogP) is 3.73. The molecule has 2 rings (SSSR count). The van der Waals surface area contributed by atoms with Gasteiger partial charge in [-0.2, -0.15) is 0 Å². The second-order valence-electron chi connectivity index (χ2n) is 5.37. The van der Waals surface area contributed by atoms with E-state index in [0.717, 1.165) is 22.4 Å². The fraction of sp³-hybridized carbons (Fsp3) is 0.333. The number of anilines is 1. The second kappa shape index (κ2) is 7.97. The number of hydrogen-bond acceptors (Lipinski definition) is 5. The summed E-state index contributed by atoms with van der Waals surface area (Å²) in [4.78, 5) is 25.7. The SMILES string of the molecule is CCc1cc(C(=O)OCC(=O)Nc2cc(C)ccc2OC)sc1C. The third-order valence-electron chi connectivity index (χ3n) is 3.57. The van der Waals surface area contributed by atoms with E-state index >= 15 is 0 Å². The molecule has 0 radical (unpaired) electrons. The Labute approximate surface area is 145 Å². The van der Waals surface area contributed by atoms with Gasteiger partial charge in [0.1, 0.15) is 10.6 Å². The molecule has 5 nitrogen and oxygen atoms in total. The highest BCUT2D eigenvalue weighted by atomic mass is 32.1. The van der Waals surface area contributed by atoms with E-state index in [1.165, 1.54) is 18.4 Å². The number of methoxy groups -OCH3 is 1. The van der Waals surface area contributed by atoms with Gasteiger partial charge in [-0.1, -0.05) is 13.0 Å². The number of carbonyl (C=O) groups is 2. The van der Waals surface area contributed by atoms with Gasteiger partial charge in [0.05, 0.1) is 12.8 Å². The molecule has 1 heterocycles. The van der Waals surface area contributed by atoms with Crippen LogP contribution < -0.4 is 10.1 Å². The highest BCUT2D eigenvalue weighted by molar-refractivity contribution is 7.14. The molecule has 0 spiro atoms. The quantitative estimate of drug-likeness (QED) is 0.809. The van der Waals surface area contributed by atoms with E-state index in [9.17, 15) is 9.59 Å². The number of hydrogen-bond donors (Lipinski definition) is 1. The average Bonchev–Trinajstić information content (AvgIpc) is 2.94. The lowest BCUT2D eigenvalue weighted by atomic mass is 10.2. The molecule has 1 amide bonds. The summed E-state index contributed by atoms with van der Waals surface area (Å²) in [5, 5.41) is 2.70. The van der Waals surface area contributed by atoms with Crippen molar-refractivity contribution in [2.24, 2.45) is 0 Å². The third-order valence-corrected chi connectivity index (χ3v) is 4.64. The molecule has 0 unspecified atom stereocenters. The van der Waals surface area contributed by atoms with Crippen molar-refractivity contribution in [3.05, 3.63) is 45.1 Å². The number of nitrogens with one attached hydrogen (secondary N) is 1. The first-order valence-electron chi connectivity index (χ1n) is 7.65. The molecule has 0 saturated heterocycles. The number of benzene rings is 1. The number of carbonyl (C=O) groups excluding carboxylic acids is 2. The van der Waals surface area contributed by atoms with Gasteiger partial charge >= 0.3 is 5.97 Å². The topological polar surface area (TPSA) is 64.6 Å². The van der Waals surface area contributed by atoms with Gasteiger partial charge in [-0.15, -0.1) is 11.3 Å². The number of rotatable bonds is 6. The molecule has 1 aromatic carbocycles. The minimum atomic E-state index is -0.478. The van der Waals surface area contributed by atoms with Crippen LogP contribution in [-0.2, 0) is 16.0 Å². The zero-order valence-electron chi connectivity index (χ0n) is 14.3. The number of amides is 1. The van der Waals surface area contributed by atoms with E-state index < -0.39 is 11.9 Å². The Morgan fingerprint density at radius 1 is 1.21 bits per heavy atom. The standard InChI is InChI=1S/C18H21NO4S/c1-5-13-9-16(24-12(13)3)18(21)23-10-17(20)19-14-8-11(2)6-7-15(14)22-4/h6-9H,5,10H2,1-4H3,(H,19,20). The van der Waals surface area contributed by atoms with E-state index in [4.69, 9.17) is 9.47 Å². The van der Waals surface area contributed by atoms with Crippen molar-refractivity contribution in [3.8, 4) is 5.75 Å². The Morgan fingerprint density at radius 3 is 2.58 bits per heavy atom. The number of esters is 1. The predicted molar refractivity (Wildman–Crippen MR) is 95.1 cm³/mol. The smallest absolute Gasteiger partial charge is 0.348 e. The summed E-state index contributed by atoms with van der Waals surface area (Å²) in [5.74, 6) is -0.327. The van der Waals surface area contributed by atoms with Crippen molar-refractivity contribution in [1.82, 2.24) is 0 Å². The number of aryl methyl sites for hydroxylation is 3. The molecule has 1 aromatic heterocycles. The van der Waals surface area contributed by atoms with Gasteiger partial charge in [0.2, 0.25) is 0 Å². The Balaban J connectivity index is 1.95. The van der Waals surface area contributed by atoms with Gasteiger partial charge < -0.3 is 14.8 Å². The van der Waals surface area contributed by atoms with E-state index in [0.29, 0.717) is 16.3 Å². The van der Waals surface area contributed by atoms with Crippen molar-refractivity contribution in [1.29, 1.82) is 0 Å². The maximum Gasteiger partial charge on any atom is 0.348 e. The van der Waals surface area contributed by atoms with Crippen LogP contribution in [0.5, 0.6) is 5.75 Å². The van der Waals surface area contributed by atoms with Crippen molar-refractivity contribution in [2.75, 3.05) is 19.0 Å². The molecule has 0 atom stereocenters. The Morgan fingerprint density at radius 2 is 1.96 bits per heavy atom. The zero-order valence-corrected chi connectivity index (χ0v) is 15.1. The molecule has 1 N–H and O–H groups in total. The van der Waals surface area contributed by atoms with Crippen LogP contribution in [0.15, 0.2) is 24.3 Å². The molecule has 24 heavy (non-hydrogen) atoms. The van der Waals surface area contributed by atoms with Crippen LogP contribution in [0.4, 0.5) is 5.69 Å². The summed E-state index contributed by atoms with van der Waals surface area (Å²) < 4.78 is 10.3. The third kappa shape index (κ3) is 4.35. The van der Waals surface area contributed by atoms with E-state index in [-0.39, 0.29) is 6.61 Å². The molecule has 0 bridgehead atoms. The molecule has 0 aliphatic carbocycles. The first kappa shape index (κ1) is 18.0. The van der Waals surface area contributed by atoms with Crippen LogP contribution in [0.2, 0.25) is 0 Å². The van der Waals surface area contributed by atoms with E-state index in [2.05, 4.69) is 5.32 Å². The molecular formula is C18H21NO4S. The molecule has 128 valence electrons. The van der Waals surface area contributed by atoms with Crippen LogP contribution >= 0.6 is 11.3 Å². The molecular weight excluding hydrogens is 326 g/mol. The Hall–Kier alpha value is -2.34. The lowest BCUT2D eigenvalue weighted by molar-refractivity contribution is -0.119. The van der Waals surface area contributed by atoms with E-state index in [1.807, 2.05) is 32.9 Å². The summed E-state index contributed by atoms with van der Waals surface area (Å²) in [6.07, 6.45) is 0.864. The molecule has 6 heteroatoms. The maximum absolute atomic E-state index is 12.0. The summed E-state index contributed by atoms with van der Waals surface area (Å²) in [6, 6.07) is 7.29. The Bertz CT molecular complexity index is 751. The maximum atomic E-state index is 12.0. The summed E-state index contributed by atoms with van der Waals surface area (Å²) >= 11 is 1.38. The van der Waals surface area contributed by atoms with Gasteiger partial charge in [-0.3, -0.25) is 4.79 Å². The zero-order chi connectivity index (χ0) is 17.7. The fourth-order valence-corrected chi connectivity index (χ4v) is 3.29. The number of ether oxygens (including phenoxy) is 2. The van der Waals surface area contributed by atoms with Crippen LogP contribution in [0.3, 0.4) is 0 Å².